The zero-order chi connectivity index (χ0) is 45.7. The van der Waals surface area contributed by atoms with Gasteiger partial charge < -0.3 is 44.7 Å². The van der Waals surface area contributed by atoms with Crippen LogP contribution in [0.4, 0.5) is 14.9 Å². The van der Waals surface area contributed by atoms with Crippen molar-refractivity contribution in [2.24, 2.45) is 11.8 Å². The number of rotatable bonds is 13. The number of methoxy groups -OCH3 is 1. The number of aryl methyl sites for hydroxylation is 1. The number of nitrogen functional groups attached to an aromatic ring is 1. The Morgan fingerprint density at radius 3 is 2.50 bits per heavy atom. The number of carbonyl (C=O) groups is 3. The highest BCUT2D eigenvalue weighted by Crippen LogP contribution is 2.41. The molecule has 4 heterocycles. The zero-order valence-electron chi connectivity index (χ0n) is 38.2. The van der Waals surface area contributed by atoms with Crippen molar-refractivity contribution in [1.29, 1.82) is 0 Å². The second-order valence-electron chi connectivity index (χ2n) is 18.3. The van der Waals surface area contributed by atoms with E-state index in [0.29, 0.717) is 63.1 Å². The fourth-order valence-corrected chi connectivity index (χ4v) is 9.66. The number of hydrogen-bond donors (Lipinski definition) is 3. The molecule has 17 heteroatoms. The second-order valence-corrected chi connectivity index (χ2v) is 18.3. The van der Waals surface area contributed by atoms with Gasteiger partial charge in [0, 0.05) is 49.5 Å². The molecule has 3 fully saturated rings. The van der Waals surface area contributed by atoms with Crippen LogP contribution < -0.4 is 11.1 Å². The van der Waals surface area contributed by atoms with Gasteiger partial charge in [0.05, 0.1) is 30.0 Å². The molecular formula is C45H70FN7O9. The Labute approximate surface area is 366 Å². The van der Waals surface area contributed by atoms with Gasteiger partial charge in [-0.2, -0.15) is 0 Å². The van der Waals surface area contributed by atoms with E-state index in [1.165, 1.54) is 14.0 Å². The molecule has 3 unspecified atom stereocenters. The Balaban J connectivity index is 1.45. The third kappa shape index (κ3) is 10.5. The molecule has 3 aliphatic rings. The van der Waals surface area contributed by atoms with Crippen LogP contribution in [0.1, 0.15) is 87.0 Å². The number of anilines is 1. The molecule has 3 saturated heterocycles. The summed E-state index contributed by atoms with van der Waals surface area (Å²) in [6.07, 6.45) is 0.719. The number of cyclic esters (lactones) is 1. The van der Waals surface area contributed by atoms with Crippen LogP contribution in [0.2, 0.25) is 0 Å². The van der Waals surface area contributed by atoms with E-state index in [9.17, 15) is 19.5 Å². The lowest BCUT2D eigenvalue weighted by Crippen LogP contribution is -2.62. The molecule has 1 amide bonds. The van der Waals surface area contributed by atoms with Crippen LogP contribution in [-0.2, 0) is 39.8 Å². The molecule has 2 aromatic rings. The number of Topliss-reactive ketones (excluding diaryl/α,β-unsaturated/α-hetero) is 1. The fraction of sp³-hybridized carbons (Fsp3) is 0.711. The summed E-state index contributed by atoms with van der Waals surface area (Å²) in [6.45, 7) is 16.8. The molecule has 5 rings (SSSR count). The number of aliphatic hydroxyl groups is 1. The maximum absolute atomic E-state index is 17.1. The number of halogens is 1. The molecule has 346 valence electrons. The molecule has 62 heavy (non-hydrogen) atoms. The van der Waals surface area contributed by atoms with Gasteiger partial charge >= 0.3 is 12.1 Å². The molecule has 16 nitrogen and oxygen atoms in total. The van der Waals surface area contributed by atoms with Gasteiger partial charge in [0.25, 0.3) is 5.67 Å². The van der Waals surface area contributed by atoms with Crippen LogP contribution in [0, 0.1) is 11.8 Å². The van der Waals surface area contributed by atoms with Crippen molar-refractivity contribution in [1.82, 2.24) is 30.1 Å². The highest BCUT2D eigenvalue weighted by Gasteiger charge is 2.60. The molecule has 0 radical (unpaired) electrons. The number of ether oxygens (including phenoxy) is 5. The zero-order valence-corrected chi connectivity index (χ0v) is 38.2. The van der Waals surface area contributed by atoms with Gasteiger partial charge in [-0.3, -0.25) is 14.4 Å². The minimum Gasteiger partial charge on any atom is -0.455 e. The number of aromatic nitrogens is 3. The summed E-state index contributed by atoms with van der Waals surface area (Å²) in [6, 6.07) is 5.94. The maximum Gasteiger partial charge on any atom is 0.410 e. The Bertz CT molecular complexity index is 1860. The van der Waals surface area contributed by atoms with Crippen molar-refractivity contribution in [2.45, 2.75) is 159 Å². The predicted molar refractivity (Wildman–Crippen MR) is 231 cm³/mol. The van der Waals surface area contributed by atoms with Crippen LogP contribution in [-0.4, -0.2) is 148 Å². The van der Waals surface area contributed by atoms with Gasteiger partial charge in [-0.05, 0) is 105 Å². The summed E-state index contributed by atoms with van der Waals surface area (Å²) >= 11 is 0. The number of nitrogens with two attached hydrogens (primary N) is 1. The number of alkyl halides is 1. The van der Waals surface area contributed by atoms with E-state index in [1.807, 2.05) is 57.2 Å². The van der Waals surface area contributed by atoms with Gasteiger partial charge in [-0.15, -0.1) is 11.7 Å². The molecule has 1 aromatic heterocycles. The number of likely N-dealkylation sites (N-methyl/N-ethyl adjacent to an activating group) is 1. The normalized spacial score (nSPS) is 36.4. The molecule has 13 atom stereocenters. The van der Waals surface area contributed by atoms with Crippen molar-refractivity contribution in [2.75, 3.05) is 40.0 Å². The minimum atomic E-state index is -3.15. The van der Waals surface area contributed by atoms with Gasteiger partial charge in [-0.1, -0.05) is 44.2 Å². The lowest BCUT2D eigenvalue weighted by Gasteiger charge is -2.47. The SMILES string of the molecule is C=CC[C@H]1NC[C@H](C)C[C@@](C)(OC)[C@H](O[C@@H]2OC(C)CC(N(C)C)C2O)[C@@H](C)C(=O)[C@](C)(F)C(=O)O[C@H](CC)[C@@]2(C)OC(=O)N(CCCCn3cc(-c4cccc(N)c4)nn3)[C@H]12. The van der Waals surface area contributed by atoms with Gasteiger partial charge in [-0.25, -0.2) is 14.0 Å². The monoisotopic (exact) mass is 872 g/mol. The average molecular weight is 872 g/mol. The fourth-order valence-electron chi connectivity index (χ4n) is 9.66. The lowest BCUT2D eigenvalue weighted by molar-refractivity contribution is -0.295. The number of aliphatic hydroxyl groups excluding tert-OH is 1. The highest BCUT2D eigenvalue weighted by atomic mass is 19.1. The van der Waals surface area contributed by atoms with Crippen molar-refractivity contribution < 1.29 is 47.6 Å². The van der Waals surface area contributed by atoms with Crippen molar-refractivity contribution in [3.05, 3.63) is 43.1 Å². The Kier molecular flexibility index (Phi) is 16.0. The first kappa shape index (κ1) is 49.0. The third-order valence-electron chi connectivity index (χ3n) is 13.1. The summed E-state index contributed by atoms with van der Waals surface area (Å²) < 4.78 is 49.9. The second kappa shape index (κ2) is 20.2. The summed E-state index contributed by atoms with van der Waals surface area (Å²) in [7, 11) is 5.20. The number of nitrogens with one attached hydrogen (secondary N) is 1. The van der Waals surface area contributed by atoms with Crippen LogP contribution in [0.5, 0.6) is 0 Å². The van der Waals surface area contributed by atoms with Crippen molar-refractivity contribution in [3.8, 4) is 11.3 Å². The molecule has 3 aliphatic heterocycles. The number of nitrogens with zero attached hydrogens (tertiary/aromatic N) is 5. The summed E-state index contributed by atoms with van der Waals surface area (Å²) in [4.78, 5) is 46.0. The average Bonchev–Trinajstić information content (AvgIpc) is 3.80. The largest absolute Gasteiger partial charge is 0.455 e. The molecule has 0 saturated carbocycles. The number of benzene rings is 1. The molecular weight excluding hydrogens is 802 g/mol. The number of ketones is 1. The molecule has 0 spiro atoms. The number of unbranched alkanes of at least 4 members (excludes halogenated alkanes) is 1. The number of esters is 1. The number of hydrogen-bond acceptors (Lipinski definition) is 14. The van der Waals surface area contributed by atoms with Crippen LogP contribution in [0.25, 0.3) is 11.3 Å². The van der Waals surface area contributed by atoms with E-state index in [1.54, 1.807) is 42.5 Å². The molecule has 4 N–H and O–H groups in total. The van der Waals surface area contributed by atoms with E-state index < -0.39 is 77.3 Å². The van der Waals surface area contributed by atoms with E-state index in [2.05, 4.69) is 22.2 Å². The maximum atomic E-state index is 17.1. The first-order valence-electron chi connectivity index (χ1n) is 21.9. The minimum absolute atomic E-state index is 0.147. The molecule has 0 aliphatic carbocycles. The van der Waals surface area contributed by atoms with Crippen LogP contribution in [0.3, 0.4) is 0 Å². The van der Waals surface area contributed by atoms with Gasteiger partial charge in [0.1, 0.15) is 17.9 Å². The number of carbonyl (C=O) groups excluding carboxylic acids is 3. The Morgan fingerprint density at radius 2 is 1.85 bits per heavy atom. The van der Waals surface area contributed by atoms with Crippen molar-refractivity contribution in [3.63, 3.8) is 0 Å². The quantitative estimate of drug-likeness (QED) is 0.0807. The smallest absolute Gasteiger partial charge is 0.410 e. The van der Waals surface area contributed by atoms with Crippen LogP contribution in [0.15, 0.2) is 43.1 Å². The van der Waals surface area contributed by atoms with E-state index in [0.717, 1.165) is 12.5 Å². The van der Waals surface area contributed by atoms with Crippen LogP contribution >= 0.6 is 0 Å². The Morgan fingerprint density at radius 1 is 1.15 bits per heavy atom. The molecule has 1 aromatic carbocycles. The first-order valence-corrected chi connectivity index (χ1v) is 21.9. The van der Waals surface area contributed by atoms with E-state index in [4.69, 9.17) is 29.4 Å². The lowest BCUT2D eigenvalue weighted by atomic mass is 9.78. The highest BCUT2D eigenvalue weighted by molar-refractivity contribution is 6.07. The predicted octanol–water partition coefficient (Wildman–Crippen LogP) is 4.93. The number of amides is 1. The summed E-state index contributed by atoms with van der Waals surface area (Å²) in [5.74, 6) is -3.93. The van der Waals surface area contributed by atoms with E-state index in [-0.39, 0.29) is 24.5 Å². The summed E-state index contributed by atoms with van der Waals surface area (Å²) in [5, 5.41) is 23.7. The van der Waals surface area contributed by atoms with E-state index >= 15 is 4.39 Å². The third-order valence-corrected chi connectivity index (χ3v) is 13.1. The topological polar surface area (TPSA) is 193 Å². The number of fused-ring (bicyclic) bond motifs is 1. The Hall–Kier alpha value is -4.00. The van der Waals surface area contributed by atoms with Gasteiger partial charge in [0.15, 0.2) is 17.7 Å². The first-order chi connectivity index (χ1) is 29.2. The van der Waals surface area contributed by atoms with Gasteiger partial charge in [0.2, 0.25) is 0 Å². The summed E-state index contributed by atoms with van der Waals surface area (Å²) in [5.41, 5.74) is 2.28. The van der Waals surface area contributed by atoms with Crippen molar-refractivity contribution >= 4 is 23.5 Å². The molecule has 0 bridgehead atoms. The standard InChI is InChI=1S/C45H70FN7O9/c1-12-17-32-37-45(8,62-42(57)53(37)21-15-14-20-52-26-33(49-50-52)30-18-16-19-31(47)23-30)35(13-2)60-41(56)44(7,46)38(55)29(5)39(43(6,58-11)24-27(3)25-48-32)61-40-36(54)34(51(9)10)22-28(4)59-40/h12,16,18-19,23,26-29,32,34-37,39-40,48,54H,1,13-15,17,20-22,24-25,47H2,2-11H3/t27-,28?,29+,32-,34?,35-,36?,37-,39-,40+,43-,44+,45-/m1/s1.